The summed E-state index contributed by atoms with van der Waals surface area (Å²) in [5.74, 6) is -0.0915. The van der Waals surface area contributed by atoms with E-state index in [9.17, 15) is 10.2 Å². The van der Waals surface area contributed by atoms with Gasteiger partial charge >= 0.3 is 0 Å². The Morgan fingerprint density at radius 1 is 1.17 bits per heavy atom. The fraction of sp³-hybridized carbons (Fsp3) is 1.00. The van der Waals surface area contributed by atoms with E-state index in [0.29, 0.717) is 0 Å². The van der Waals surface area contributed by atoms with Crippen LogP contribution in [0.2, 0.25) is 0 Å². The summed E-state index contributed by atoms with van der Waals surface area (Å²) >= 11 is 0. The van der Waals surface area contributed by atoms with E-state index in [1.807, 2.05) is 13.8 Å². The molecule has 0 saturated heterocycles. The molecule has 0 bridgehead atoms. The van der Waals surface area contributed by atoms with E-state index in [0.717, 1.165) is 6.42 Å². The summed E-state index contributed by atoms with van der Waals surface area (Å²) in [5, 5.41) is 27.5. The highest BCUT2D eigenvalue weighted by Gasteiger charge is 2.25. The van der Waals surface area contributed by atoms with Crippen LogP contribution in [-0.2, 0) is 0 Å². The van der Waals surface area contributed by atoms with E-state index in [4.69, 9.17) is 5.11 Å². The van der Waals surface area contributed by atoms with Gasteiger partial charge in [-0.1, -0.05) is 27.2 Å². The Hall–Kier alpha value is -0.120. The van der Waals surface area contributed by atoms with Gasteiger partial charge in [0, 0.05) is 5.92 Å². The smallest absolute Gasteiger partial charge is 0.0821 e. The minimum absolute atomic E-state index is 0.168. The monoisotopic (exact) mass is 176 g/mol. The predicted molar refractivity (Wildman–Crippen MR) is 47.7 cm³/mol. The molecule has 0 fully saturated rings. The van der Waals surface area contributed by atoms with Gasteiger partial charge in [-0.25, -0.2) is 0 Å². The third kappa shape index (κ3) is 3.09. The lowest BCUT2D eigenvalue weighted by Gasteiger charge is -2.26. The Labute approximate surface area is 74.0 Å². The first-order valence-corrected chi connectivity index (χ1v) is 4.51. The molecule has 0 spiro atoms. The molecule has 0 radical (unpaired) electrons. The van der Waals surface area contributed by atoms with Gasteiger partial charge in [0.25, 0.3) is 0 Å². The molecule has 3 N–H and O–H groups in total. The molecule has 0 aromatic heterocycles. The van der Waals surface area contributed by atoms with Crippen LogP contribution >= 0.6 is 0 Å². The third-order valence-electron chi connectivity index (χ3n) is 2.56. The number of rotatable bonds is 5. The van der Waals surface area contributed by atoms with Gasteiger partial charge in [0.1, 0.15) is 0 Å². The van der Waals surface area contributed by atoms with Crippen LogP contribution in [0.15, 0.2) is 0 Å². The molecule has 12 heavy (non-hydrogen) atoms. The molecule has 74 valence electrons. The summed E-state index contributed by atoms with van der Waals surface area (Å²) in [4.78, 5) is 0. The zero-order chi connectivity index (χ0) is 9.72. The fourth-order valence-corrected chi connectivity index (χ4v) is 1.15. The zero-order valence-corrected chi connectivity index (χ0v) is 8.07. The normalized spacial score (nSPS) is 21.5. The van der Waals surface area contributed by atoms with Gasteiger partial charge in [-0.3, -0.25) is 0 Å². The van der Waals surface area contributed by atoms with E-state index in [1.54, 1.807) is 6.92 Å². The molecule has 0 aliphatic carbocycles. The minimum Gasteiger partial charge on any atom is -0.394 e. The summed E-state index contributed by atoms with van der Waals surface area (Å²) in [7, 11) is 0. The lowest BCUT2D eigenvalue weighted by Crippen LogP contribution is -2.35. The van der Waals surface area contributed by atoms with Gasteiger partial charge in [-0.05, 0) is 5.92 Å². The molecular weight excluding hydrogens is 156 g/mol. The Morgan fingerprint density at radius 2 is 1.67 bits per heavy atom. The molecule has 3 nitrogen and oxygen atoms in total. The van der Waals surface area contributed by atoms with Crippen LogP contribution in [-0.4, -0.2) is 34.1 Å². The SMILES string of the molecule is CCC(C)C(O)C(C)C(O)CO. The van der Waals surface area contributed by atoms with Crippen molar-refractivity contribution >= 4 is 0 Å². The van der Waals surface area contributed by atoms with Crippen molar-refractivity contribution in [1.82, 2.24) is 0 Å². The number of hydrogen-bond donors (Lipinski definition) is 3. The molecular formula is C9H20O3. The summed E-state index contributed by atoms with van der Waals surface area (Å²) in [6.45, 7) is 5.39. The molecule has 0 aliphatic rings. The lowest BCUT2D eigenvalue weighted by atomic mass is 9.88. The van der Waals surface area contributed by atoms with Gasteiger partial charge in [0.05, 0.1) is 18.8 Å². The Morgan fingerprint density at radius 3 is 2.00 bits per heavy atom. The molecule has 0 heterocycles. The van der Waals surface area contributed by atoms with Crippen molar-refractivity contribution in [3.8, 4) is 0 Å². The van der Waals surface area contributed by atoms with Crippen molar-refractivity contribution < 1.29 is 15.3 Å². The second-order valence-electron chi connectivity index (χ2n) is 3.49. The Kier molecular flexibility index (Phi) is 5.46. The van der Waals surface area contributed by atoms with Crippen LogP contribution in [0.4, 0.5) is 0 Å². The molecule has 0 aromatic carbocycles. The summed E-state index contributed by atoms with van der Waals surface area (Å²) in [6.07, 6.45) is -0.463. The van der Waals surface area contributed by atoms with Gasteiger partial charge in [0.2, 0.25) is 0 Å². The Balaban J connectivity index is 3.99. The first kappa shape index (κ1) is 11.9. The molecule has 0 amide bonds. The van der Waals surface area contributed by atoms with E-state index in [2.05, 4.69) is 0 Å². The standard InChI is InChI=1S/C9H20O3/c1-4-6(2)9(12)7(3)8(11)5-10/h6-12H,4-5H2,1-3H3. The maximum Gasteiger partial charge on any atom is 0.0821 e. The van der Waals surface area contributed by atoms with Crippen molar-refractivity contribution in [1.29, 1.82) is 0 Å². The molecule has 0 aliphatic heterocycles. The average Bonchev–Trinajstić information content (AvgIpc) is 2.12. The molecule has 3 heteroatoms. The van der Waals surface area contributed by atoms with Crippen LogP contribution in [0.3, 0.4) is 0 Å². The fourth-order valence-electron chi connectivity index (χ4n) is 1.15. The minimum atomic E-state index is -0.811. The van der Waals surface area contributed by atoms with Crippen molar-refractivity contribution in [3.63, 3.8) is 0 Å². The largest absolute Gasteiger partial charge is 0.394 e. The van der Waals surface area contributed by atoms with Crippen LogP contribution in [0, 0.1) is 11.8 Å². The first-order valence-electron chi connectivity index (χ1n) is 4.51. The quantitative estimate of drug-likeness (QED) is 0.567. The second-order valence-corrected chi connectivity index (χ2v) is 3.49. The van der Waals surface area contributed by atoms with E-state index in [-0.39, 0.29) is 18.4 Å². The van der Waals surface area contributed by atoms with Gasteiger partial charge < -0.3 is 15.3 Å². The van der Waals surface area contributed by atoms with Gasteiger partial charge in [-0.15, -0.1) is 0 Å². The molecule has 0 aromatic rings. The van der Waals surface area contributed by atoms with E-state index < -0.39 is 12.2 Å². The Bertz CT molecular complexity index is 102. The van der Waals surface area contributed by atoms with E-state index >= 15 is 0 Å². The number of aliphatic hydroxyl groups is 3. The van der Waals surface area contributed by atoms with Crippen LogP contribution in [0.5, 0.6) is 0 Å². The third-order valence-corrected chi connectivity index (χ3v) is 2.56. The predicted octanol–water partition coefficient (Wildman–Crippen LogP) is 0.383. The average molecular weight is 176 g/mol. The molecule has 0 rings (SSSR count). The van der Waals surface area contributed by atoms with Crippen molar-refractivity contribution in [2.24, 2.45) is 11.8 Å². The molecule has 4 unspecified atom stereocenters. The highest BCUT2D eigenvalue weighted by atomic mass is 16.3. The zero-order valence-electron chi connectivity index (χ0n) is 8.07. The van der Waals surface area contributed by atoms with Crippen LogP contribution in [0.25, 0.3) is 0 Å². The molecule has 0 saturated carbocycles. The maximum atomic E-state index is 9.62. The molecule has 4 atom stereocenters. The summed E-state index contributed by atoms with van der Waals surface area (Å²) in [6, 6.07) is 0. The topological polar surface area (TPSA) is 60.7 Å². The van der Waals surface area contributed by atoms with Gasteiger partial charge in [-0.2, -0.15) is 0 Å². The van der Waals surface area contributed by atoms with Crippen LogP contribution in [0.1, 0.15) is 27.2 Å². The summed E-state index contributed by atoms with van der Waals surface area (Å²) in [5.41, 5.74) is 0. The highest BCUT2D eigenvalue weighted by Crippen LogP contribution is 2.18. The summed E-state index contributed by atoms with van der Waals surface area (Å²) < 4.78 is 0. The number of aliphatic hydroxyl groups excluding tert-OH is 3. The van der Waals surface area contributed by atoms with Gasteiger partial charge in [0.15, 0.2) is 0 Å². The van der Waals surface area contributed by atoms with Crippen molar-refractivity contribution in [2.75, 3.05) is 6.61 Å². The lowest BCUT2D eigenvalue weighted by molar-refractivity contribution is -0.0290. The highest BCUT2D eigenvalue weighted by molar-refractivity contribution is 4.75. The van der Waals surface area contributed by atoms with Crippen molar-refractivity contribution in [2.45, 2.75) is 39.4 Å². The first-order chi connectivity index (χ1) is 5.54. The number of hydrogen-bond acceptors (Lipinski definition) is 3. The van der Waals surface area contributed by atoms with E-state index in [1.165, 1.54) is 0 Å². The maximum absolute atomic E-state index is 9.62. The van der Waals surface area contributed by atoms with Crippen molar-refractivity contribution in [3.05, 3.63) is 0 Å². The van der Waals surface area contributed by atoms with Crippen LogP contribution < -0.4 is 0 Å². The second kappa shape index (κ2) is 5.51.